The number of carbonyl (C=O) groups excluding carboxylic acids is 1. The maximum Gasteiger partial charge on any atom is 0.271 e. The molecular formula is C18H16FN3O4S2. The van der Waals surface area contributed by atoms with E-state index in [1.54, 1.807) is 25.1 Å². The molecule has 7 nitrogen and oxygen atoms in total. The molecule has 2 heterocycles. The summed E-state index contributed by atoms with van der Waals surface area (Å²) in [5.41, 5.74) is 1.13. The Labute approximate surface area is 164 Å². The molecule has 0 atom stereocenters. The summed E-state index contributed by atoms with van der Waals surface area (Å²) in [5, 5.41) is 6.45. The normalized spacial score (nSPS) is 11.7. The smallest absolute Gasteiger partial charge is 0.271 e. The molecule has 0 bridgehead atoms. The van der Waals surface area contributed by atoms with Gasteiger partial charge in [0.1, 0.15) is 21.4 Å². The highest BCUT2D eigenvalue weighted by Crippen LogP contribution is 2.27. The van der Waals surface area contributed by atoms with Crippen molar-refractivity contribution < 1.29 is 22.1 Å². The minimum Gasteiger partial charge on any atom is -0.354 e. The van der Waals surface area contributed by atoms with Gasteiger partial charge in [-0.3, -0.25) is 9.52 Å². The van der Waals surface area contributed by atoms with Gasteiger partial charge in [0, 0.05) is 11.8 Å². The van der Waals surface area contributed by atoms with Crippen LogP contribution in [0.15, 0.2) is 45.1 Å². The first-order valence-electron chi connectivity index (χ1n) is 8.05. The Morgan fingerprint density at radius 3 is 2.75 bits per heavy atom. The topological polar surface area (TPSA) is 101 Å². The van der Waals surface area contributed by atoms with E-state index in [0.717, 1.165) is 17.4 Å². The van der Waals surface area contributed by atoms with Crippen LogP contribution in [0.25, 0.3) is 12.2 Å². The van der Waals surface area contributed by atoms with E-state index in [4.69, 9.17) is 4.52 Å². The predicted octanol–water partition coefficient (Wildman–Crippen LogP) is 4.11. The number of anilines is 2. The zero-order valence-corrected chi connectivity index (χ0v) is 16.5. The fraction of sp³-hybridized carbons (Fsp3) is 0.111. The van der Waals surface area contributed by atoms with Crippen LogP contribution in [0.3, 0.4) is 0 Å². The van der Waals surface area contributed by atoms with Gasteiger partial charge in [0.25, 0.3) is 10.0 Å². The fourth-order valence-electron chi connectivity index (χ4n) is 2.31. The molecule has 146 valence electrons. The number of amides is 1. The highest BCUT2D eigenvalue weighted by Gasteiger charge is 2.17. The number of hydrogen-bond donors (Lipinski definition) is 2. The molecule has 3 rings (SSSR count). The van der Waals surface area contributed by atoms with Gasteiger partial charge in [-0.1, -0.05) is 11.2 Å². The molecule has 0 spiro atoms. The van der Waals surface area contributed by atoms with Crippen molar-refractivity contribution in [3.63, 3.8) is 0 Å². The second kappa shape index (κ2) is 7.95. The van der Waals surface area contributed by atoms with E-state index in [-0.39, 0.29) is 15.8 Å². The molecule has 0 saturated heterocycles. The van der Waals surface area contributed by atoms with Crippen LogP contribution in [0, 0.1) is 12.7 Å². The molecule has 0 aliphatic carbocycles. The van der Waals surface area contributed by atoms with E-state index in [1.165, 1.54) is 31.2 Å². The van der Waals surface area contributed by atoms with Gasteiger partial charge in [-0.2, -0.15) is 0 Å². The minimum atomic E-state index is -3.84. The number of hydrogen-bond acceptors (Lipinski definition) is 6. The van der Waals surface area contributed by atoms with Gasteiger partial charge < -0.3 is 9.84 Å². The molecule has 0 aliphatic heterocycles. The number of nitrogens with zero attached hydrogens (tertiary/aromatic N) is 1. The molecule has 28 heavy (non-hydrogen) atoms. The van der Waals surface area contributed by atoms with Crippen molar-refractivity contribution in [1.29, 1.82) is 0 Å². The van der Waals surface area contributed by atoms with Crippen LogP contribution < -0.4 is 10.0 Å². The van der Waals surface area contributed by atoms with Crippen LogP contribution in [0.5, 0.6) is 0 Å². The molecule has 0 fully saturated rings. The van der Waals surface area contributed by atoms with E-state index in [1.807, 2.05) is 0 Å². The van der Waals surface area contributed by atoms with Crippen molar-refractivity contribution in [2.75, 3.05) is 10.0 Å². The lowest BCUT2D eigenvalue weighted by Crippen LogP contribution is -2.11. The third kappa shape index (κ3) is 4.65. The van der Waals surface area contributed by atoms with Gasteiger partial charge in [0.05, 0.1) is 5.69 Å². The summed E-state index contributed by atoms with van der Waals surface area (Å²) in [6.07, 6.45) is 3.24. The maximum atomic E-state index is 13.2. The molecule has 0 radical (unpaired) electrons. The van der Waals surface area contributed by atoms with Gasteiger partial charge in [-0.25, -0.2) is 12.8 Å². The first-order valence-corrected chi connectivity index (χ1v) is 10.3. The summed E-state index contributed by atoms with van der Waals surface area (Å²) in [6.45, 7) is 3.07. The molecule has 2 N–H and O–H groups in total. The molecule has 0 saturated carbocycles. The lowest BCUT2D eigenvalue weighted by Gasteiger charge is -2.05. The van der Waals surface area contributed by atoms with E-state index < -0.39 is 15.8 Å². The molecular weight excluding hydrogens is 405 g/mol. The lowest BCUT2D eigenvalue weighted by molar-refractivity contribution is -0.114. The maximum absolute atomic E-state index is 13.2. The fourth-order valence-corrected chi connectivity index (χ4v) is 4.59. The summed E-state index contributed by atoms with van der Waals surface area (Å²) in [6, 6.07) is 8.29. The van der Waals surface area contributed by atoms with E-state index >= 15 is 0 Å². The first kappa shape index (κ1) is 19.8. The zero-order chi connectivity index (χ0) is 20.3. The van der Waals surface area contributed by atoms with Gasteiger partial charge in [-0.05, 0) is 49.4 Å². The Hall–Kier alpha value is -2.98. The summed E-state index contributed by atoms with van der Waals surface area (Å²) < 4.78 is 45.7. The van der Waals surface area contributed by atoms with Crippen molar-refractivity contribution in [2.24, 2.45) is 0 Å². The number of benzene rings is 1. The SMILES string of the molecule is CC(=O)Nc1c(C)noc1/C=C/c1ccc(S(=O)(=O)Nc2cccc(F)c2)s1. The number of carbonyl (C=O) groups is 1. The van der Waals surface area contributed by atoms with Crippen LogP contribution >= 0.6 is 11.3 Å². The quantitative estimate of drug-likeness (QED) is 0.624. The van der Waals surface area contributed by atoms with E-state index in [2.05, 4.69) is 15.2 Å². The monoisotopic (exact) mass is 421 g/mol. The molecule has 3 aromatic rings. The number of aryl methyl sites for hydroxylation is 1. The molecule has 0 aliphatic rings. The second-order valence-electron chi connectivity index (χ2n) is 5.79. The van der Waals surface area contributed by atoms with Gasteiger partial charge in [-0.15, -0.1) is 11.3 Å². The van der Waals surface area contributed by atoms with Crippen LogP contribution in [0.2, 0.25) is 0 Å². The Balaban J connectivity index is 1.79. The lowest BCUT2D eigenvalue weighted by atomic mass is 10.2. The van der Waals surface area contributed by atoms with Crippen molar-refractivity contribution in [3.05, 3.63) is 58.5 Å². The summed E-state index contributed by atoms with van der Waals surface area (Å²) in [5.74, 6) is -0.440. The number of sulfonamides is 1. The van der Waals surface area contributed by atoms with Crippen LogP contribution in [-0.2, 0) is 14.8 Å². The summed E-state index contributed by atoms with van der Waals surface area (Å²) in [7, 11) is -3.84. The van der Waals surface area contributed by atoms with Crippen LogP contribution in [-0.4, -0.2) is 19.5 Å². The average Bonchev–Trinajstić information content (AvgIpc) is 3.21. The standard InChI is InChI=1S/C18H16FN3O4S2/c1-11-18(20-12(2)23)16(26-21-11)8-6-15-7-9-17(27-15)28(24,25)22-14-5-3-4-13(19)10-14/h3-10,22H,1-2H3,(H,20,23)/b8-6+. The Morgan fingerprint density at radius 2 is 2.04 bits per heavy atom. The van der Waals surface area contributed by atoms with E-state index in [0.29, 0.717) is 22.0 Å². The summed E-state index contributed by atoms with van der Waals surface area (Å²) in [4.78, 5) is 11.9. The third-order valence-electron chi connectivity index (χ3n) is 3.53. The third-order valence-corrected chi connectivity index (χ3v) is 6.46. The van der Waals surface area contributed by atoms with Gasteiger partial charge >= 0.3 is 0 Å². The molecule has 10 heteroatoms. The zero-order valence-electron chi connectivity index (χ0n) is 14.9. The average molecular weight is 421 g/mol. The number of halogens is 1. The number of thiophene rings is 1. The first-order chi connectivity index (χ1) is 13.2. The Kier molecular flexibility index (Phi) is 5.61. The van der Waals surface area contributed by atoms with Crippen molar-refractivity contribution in [1.82, 2.24) is 5.16 Å². The molecule has 1 aromatic carbocycles. The molecule has 1 amide bonds. The van der Waals surface area contributed by atoms with Gasteiger partial charge in [0.2, 0.25) is 5.91 Å². The number of aromatic nitrogens is 1. The Morgan fingerprint density at radius 1 is 1.25 bits per heavy atom. The van der Waals surface area contributed by atoms with Crippen molar-refractivity contribution >= 4 is 50.8 Å². The van der Waals surface area contributed by atoms with Crippen molar-refractivity contribution in [2.45, 2.75) is 18.1 Å². The second-order valence-corrected chi connectivity index (χ2v) is 8.82. The van der Waals surface area contributed by atoms with Crippen LogP contribution in [0.1, 0.15) is 23.3 Å². The molecule has 2 aromatic heterocycles. The predicted molar refractivity (Wildman–Crippen MR) is 106 cm³/mol. The Bertz CT molecular complexity index is 1150. The highest BCUT2D eigenvalue weighted by atomic mass is 32.2. The van der Waals surface area contributed by atoms with Crippen molar-refractivity contribution in [3.8, 4) is 0 Å². The summed E-state index contributed by atoms with van der Waals surface area (Å²) >= 11 is 1.03. The number of nitrogens with one attached hydrogen (secondary N) is 2. The highest BCUT2D eigenvalue weighted by molar-refractivity contribution is 7.94. The minimum absolute atomic E-state index is 0.0762. The number of rotatable bonds is 6. The van der Waals surface area contributed by atoms with Gasteiger partial charge in [0.15, 0.2) is 5.76 Å². The van der Waals surface area contributed by atoms with E-state index in [9.17, 15) is 17.6 Å². The van der Waals surface area contributed by atoms with Crippen LogP contribution in [0.4, 0.5) is 15.8 Å². The largest absolute Gasteiger partial charge is 0.354 e. The molecule has 0 unspecified atom stereocenters.